The Morgan fingerprint density at radius 3 is 2.75 bits per heavy atom. The molecular weight excluding hydrogens is 336 g/mol. The zero-order chi connectivity index (χ0) is 17.6. The maximum atomic E-state index is 11.9. The number of nitrogens with zero attached hydrogens (tertiary/aromatic N) is 1. The van der Waals surface area contributed by atoms with E-state index in [0.717, 1.165) is 18.5 Å². The van der Waals surface area contributed by atoms with Crippen molar-refractivity contribution in [3.8, 4) is 0 Å². The molecule has 1 unspecified atom stereocenters. The van der Waals surface area contributed by atoms with Crippen molar-refractivity contribution >= 4 is 46.0 Å². The number of benzene rings is 1. The molecule has 1 N–H and O–H groups in total. The number of carbonyl (C=O) groups excluding carboxylic acids is 1. The van der Waals surface area contributed by atoms with E-state index in [-0.39, 0.29) is 11.4 Å². The minimum atomic E-state index is -0.0912. The maximum Gasteiger partial charge on any atom is 0.263 e. The molecule has 3 rings (SSSR count). The zero-order valence-electron chi connectivity index (χ0n) is 14.9. The first kappa shape index (κ1) is 17.5. The van der Waals surface area contributed by atoms with Crippen LogP contribution < -0.4 is 10.2 Å². The van der Waals surface area contributed by atoms with Crippen LogP contribution in [-0.2, 0) is 4.79 Å². The minimum absolute atomic E-state index is 0.0912. The summed E-state index contributed by atoms with van der Waals surface area (Å²) in [4.78, 5) is 15.1. The van der Waals surface area contributed by atoms with Crippen LogP contribution in [0.1, 0.15) is 56.7 Å². The van der Waals surface area contributed by atoms with E-state index < -0.39 is 0 Å². The lowest BCUT2D eigenvalue weighted by molar-refractivity contribution is -0.115. The third-order valence-corrected chi connectivity index (χ3v) is 6.18. The van der Waals surface area contributed by atoms with Crippen molar-refractivity contribution in [2.45, 2.75) is 52.5 Å². The highest BCUT2D eigenvalue weighted by Crippen LogP contribution is 2.44. The topological polar surface area (TPSA) is 32.3 Å². The fourth-order valence-corrected chi connectivity index (χ4v) is 5.00. The van der Waals surface area contributed by atoms with Gasteiger partial charge in [0.15, 0.2) is 0 Å². The Morgan fingerprint density at radius 2 is 2.17 bits per heavy atom. The lowest BCUT2D eigenvalue weighted by atomic mass is 9.79. The summed E-state index contributed by atoms with van der Waals surface area (Å²) in [5.41, 5.74) is 5.18. The van der Waals surface area contributed by atoms with Gasteiger partial charge in [0.05, 0.1) is 4.91 Å². The molecule has 2 heterocycles. The number of thioether (sulfide) groups is 1. The molecule has 1 atom stereocenters. The van der Waals surface area contributed by atoms with Crippen molar-refractivity contribution in [3.05, 3.63) is 33.7 Å². The third-order valence-electron chi connectivity index (χ3n) is 5.02. The fourth-order valence-electron chi connectivity index (χ4n) is 3.97. The van der Waals surface area contributed by atoms with Crippen LogP contribution in [0.25, 0.3) is 6.08 Å². The summed E-state index contributed by atoms with van der Waals surface area (Å²) in [6, 6.07) is 4.54. The molecule has 1 amide bonds. The van der Waals surface area contributed by atoms with Crippen LogP contribution in [0.15, 0.2) is 17.0 Å². The standard InChI is InChI=1S/C19H24N2OS2/c1-6-21-15-7-11(2)13(9-16-17(22)20-18(23)24-16)8-14(15)12(3)10-19(21,4)5/h7-9,12H,6,10H2,1-5H3,(H,20,22,23)/b16-9-. The number of hydrogen-bond donors (Lipinski definition) is 1. The molecule has 3 nitrogen and oxygen atoms in total. The van der Waals surface area contributed by atoms with Crippen LogP contribution in [0, 0.1) is 6.92 Å². The Labute approximate surface area is 153 Å². The molecule has 0 bridgehead atoms. The molecule has 1 aromatic carbocycles. The van der Waals surface area contributed by atoms with Crippen molar-refractivity contribution in [3.63, 3.8) is 0 Å². The van der Waals surface area contributed by atoms with E-state index in [2.05, 4.69) is 57.0 Å². The summed E-state index contributed by atoms with van der Waals surface area (Å²) >= 11 is 6.42. The number of anilines is 1. The molecule has 0 saturated carbocycles. The third kappa shape index (κ3) is 3.00. The lowest BCUT2D eigenvalue weighted by Gasteiger charge is -2.47. The summed E-state index contributed by atoms with van der Waals surface area (Å²) < 4.78 is 0.536. The van der Waals surface area contributed by atoms with E-state index in [9.17, 15) is 4.79 Å². The van der Waals surface area contributed by atoms with Gasteiger partial charge in [0.25, 0.3) is 5.91 Å². The second-order valence-electron chi connectivity index (χ2n) is 7.28. The molecule has 0 aromatic heterocycles. The molecular formula is C19H24N2OS2. The lowest BCUT2D eigenvalue weighted by Crippen LogP contribution is -2.48. The molecule has 0 spiro atoms. The molecule has 2 aliphatic rings. The van der Waals surface area contributed by atoms with Crippen molar-refractivity contribution in [2.75, 3.05) is 11.4 Å². The Kier molecular flexibility index (Phi) is 4.51. The average molecular weight is 361 g/mol. The van der Waals surface area contributed by atoms with E-state index in [1.54, 1.807) is 0 Å². The van der Waals surface area contributed by atoms with Gasteiger partial charge in [-0.15, -0.1) is 0 Å². The van der Waals surface area contributed by atoms with Crippen molar-refractivity contribution in [2.24, 2.45) is 0 Å². The minimum Gasteiger partial charge on any atom is -0.366 e. The molecule has 0 aliphatic carbocycles. The number of fused-ring (bicyclic) bond motifs is 1. The number of hydrogen-bond acceptors (Lipinski definition) is 4. The Morgan fingerprint density at radius 1 is 1.46 bits per heavy atom. The quantitative estimate of drug-likeness (QED) is 0.617. The van der Waals surface area contributed by atoms with Crippen LogP contribution in [-0.4, -0.2) is 22.3 Å². The normalized spacial score (nSPS) is 24.3. The van der Waals surface area contributed by atoms with Gasteiger partial charge in [-0.1, -0.05) is 30.9 Å². The summed E-state index contributed by atoms with van der Waals surface area (Å²) in [5, 5.41) is 2.68. The number of nitrogens with one attached hydrogen (secondary N) is 1. The van der Waals surface area contributed by atoms with Gasteiger partial charge >= 0.3 is 0 Å². The van der Waals surface area contributed by atoms with Gasteiger partial charge in [-0.05, 0) is 74.9 Å². The van der Waals surface area contributed by atoms with Crippen LogP contribution in [0.4, 0.5) is 5.69 Å². The summed E-state index contributed by atoms with van der Waals surface area (Å²) in [6.07, 6.45) is 3.10. The zero-order valence-corrected chi connectivity index (χ0v) is 16.5. The van der Waals surface area contributed by atoms with Gasteiger partial charge < -0.3 is 10.2 Å². The van der Waals surface area contributed by atoms with Crippen molar-refractivity contribution in [1.82, 2.24) is 5.32 Å². The molecule has 1 fully saturated rings. The monoisotopic (exact) mass is 360 g/mol. The van der Waals surface area contributed by atoms with Crippen LogP contribution in [0.2, 0.25) is 0 Å². The van der Waals surface area contributed by atoms with Gasteiger partial charge in [-0.25, -0.2) is 0 Å². The van der Waals surface area contributed by atoms with E-state index in [4.69, 9.17) is 12.2 Å². The molecule has 5 heteroatoms. The number of amides is 1. The predicted octanol–water partition coefficient (Wildman–Crippen LogP) is 4.60. The van der Waals surface area contributed by atoms with Gasteiger partial charge in [-0.2, -0.15) is 0 Å². The highest BCUT2D eigenvalue weighted by atomic mass is 32.2. The first-order valence-electron chi connectivity index (χ1n) is 8.40. The highest BCUT2D eigenvalue weighted by molar-refractivity contribution is 8.26. The SMILES string of the molecule is CCN1c2cc(C)c(/C=C3\SC(=S)NC3=O)cc2C(C)CC1(C)C. The summed E-state index contributed by atoms with van der Waals surface area (Å²) in [5.74, 6) is 0.410. The first-order chi connectivity index (χ1) is 11.2. The molecule has 2 aliphatic heterocycles. The van der Waals surface area contributed by atoms with Crippen LogP contribution in [0.3, 0.4) is 0 Å². The smallest absolute Gasteiger partial charge is 0.263 e. The van der Waals surface area contributed by atoms with Crippen LogP contribution >= 0.6 is 24.0 Å². The summed E-state index contributed by atoms with van der Waals surface area (Å²) in [6.45, 7) is 12.3. The Balaban J connectivity index is 2.08. The largest absolute Gasteiger partial charge is 0.366 e. The maximum absolute atomic E-state index is 11.9. The Hall–Kier alpha value is -1.33. The first-order valence-corrected chi connectivity index (χ1v) is 9.62. The number of aryl methyl sites for hydroxylation is 1. The van der Waals surface area contributed by atoms with E-state index in [1.807, 2.05) is 6.08 Å². The van der Waals surface area contributed by atoms with Crippen LogP contribution in [0.5, 0.6) is 0 Å². The van der Waals surface area contributed by atoms with Crippen molar-refractivity contribution in [1.29, 1.82) is 0 Å². The second kappa shape index (κ2) is 6.19. The van der Waals surface area contributed by atoms with E-state index in [0.29, 0.717) is 15.1 Å². The van der Waals surface area contributed by atoms with Crippen molar-refractivity contribution < 1.29 is 4.79 Å². The predicted molar refractivity (Wildman–Crippen MR) is 108 cm³/mol. The molecule has 1 aromatic rings. The molecule has 24 heavy (non-hydrogen) atoms. The second-order valence-corrected chi connectivity index (χ2v) is 9.00. The molecule has 0 radical (unpaired) electrons. The highest BCUT2D eigenvalue weighted by Gasteiger charge is 2.35. The van der Waals surface area contributed by atoms with Gasteiger partial charge in [-0.3, -0.25) is 4.79 Å². The van der Waals surface area contributed by atoms with Gasteiger partial charge in [0.2, 0.25) is 0 Å². The van der Waals surface area contributed by atoms with Gasteiger partial charge in [0, 0.05) is 17.8 Å². The molecule has 1 saturated heterocycles. The average Bonchev–Trinajstić information content (AvgIpc) is 2.78. The number of thiocarbonyl (C=S) groups is 1. The summed E-state index contributed by atoms with van der Waals surface area (Å²) in [7, 11) is 0. The number of rotatable bonds is 2. The van der Waals surface area contributed by atoms with E-state index in [1.165, 1.54) is 28.6 Å². The van der Waals surface area contributed by atoms with Gasteiger partial charge in [0.1, 0.15) is 4.32 Å². The van der Waals surface area contributed by atoms with E-state index >= 15 is 0 Å². The molecule has 128 valence electrons. The Bertz CT molecular complexity index is 752. The number of carbonyl (C=O) groups is 1. The fraction of sp³-hybridized carbons (Fsp3) is 0.474.